The summed E-state index contributed by atoms with van der Waals surface area (Å²) in [5.41, 5.74) is 0. The summed E-state index contributed by atoms with van der Waals surface area (Å²) in [7, 11) is 0. The number of hydrogen-bond acceptors (Lipinski definition) is 10. The van der Waals surface area contributed by atoms with E-state index in [4.69, 9.17) is 14.2 Å². The largest absolute Gasteiger partial charge is 0.458 e. The topological polar surface area (TPSA) is 163 Å². The van der Waals surface area contributed by atoms with Gasteiger partial charge in [0, 0.05) is 54.4 Å². The van der Waals surface area contributed by atoms with Gasteiger partial charge in [0.15, 0.2) is 5.79 Å². The molecule has 10 heteroatoms. The highest BCUT2D eigenvalue weighted by atomic mass is 16.7. The van der Waals surface area contributed by atoms with Gasteiger partial charge in [-0.1, -0.05) is 92.7 Å². The van der Waals surface area contributed by atoms with E-state index in [1.165, 1.54) is 6.08 Å². The molecule has 2 bridgehead atoms. The zero-order chi connectivity index (χ0) is 40.5. The zero-order valence-corrected chi connectivity index (χ0v) is 34.7. The van der Waals surface area contributed by atoms with Crippen molar-refractivity contribution in [3.63, 3.8) is 0 Å². The van der Waals surface area contributed by atoms with Crippen molar-refractivity contribution >= 4 is 11.8 Å². The smallest absolute Gasteiger partial charge is 0.330 e. The molecule has 0 aromatic heterocycles. The molecule has 10 nitrogen and oxygen atoms in total. The van der Waals surface area contributed by atoms with E-state index in [-0.39, 0.29) is 54.0 Å². The number of ketones is 1. The molecular formula is C44H74O10. The Kier molecular flexibility index (Phi) is 18.1. The van der Waals surface area contributed by atoms with Crippen LogP contribution in [0.15, 0.2) is 36.5 Å². The monoisotopic (exact) mass is 763 g/mol. The molecule has 3 aliphatic heterocycles. The molecule has 0 amide bonds. The van der Waals surface area contributed by atoms with Crippen molar-refractivity contribution in [3.05, 3.63) is 36.5 Å². The number of carbonyl (C=O) groups is 2. The normalized spacial score (nSPS) is 44.9. The van der Waals surface area contributed by atoms with E-state index in [1.54, 1.807) is 40.7 Å². The van der Waals surface area contributed by atoms with Crippen molar-refractivity contribution in [3.8, 4) is 0 Å². The van der Waals surface area contributed by atoms with Crippen molar-refractivity contribution < 1.29 is 49.3 Å². The fourth-order valence-electron chi connectivity index (χ4n) is 8.72. The van der Waals surface area contributed by atoms with E-state index in [9.17, 15) is 35.1 Å². The molecule has 5 N–H and O–H groups in total. The number of allylic oxidation sites excluding steroid dienone is 4. The van der Waals surface area contributed by atoms with Crippen molar-refractivity contribution in [2.75, 3.05) is 0 Å². The molecule has 3 aliphatic rings. The van der Waals surface area contributed by atoms with Crippen molar-refractivity contribution in [2.24, 2.45) is 53.3 Å². The van der Waals surface area contributed by atoms with Gasteiger partial charge in [-0.05, 0) is 63.2 Å². The fraction of sp³-hybridized carbons (Fsp3) is 0.818. The molecular weight excluding hydrogens is 688 g/mol. The molecule has 0 aromatic rings. The van der Waals surface area contributed by atoms with Crippen LogP contribution in [0.5, 0.6) is 0 Å². The highest BCUT2D eigenvalue weighted by Gasteiger charge is 2.56. The number of carbonyl (C=O) groups excluding carboxylic acids is 2. The van der Waals surface area contributed by atoms with Gasteiger partial charge in [0.2, 0.25) is 0 Å². The molecule has 3 heterocycles. The lowest BCUT2D eigenvalue weighted by Crippen LogP contribution is -2.62. The molecule has 1 spiro atoms. The average molecular weight is 763 g/mol. The minimum absolute atomic E-state index is 0.130. The molecule has 0 aromatic carbocycles. The molecule has 18 atom stereocenters. The summed E-state index contributed by atoms with van der Waals surface area (Å²) in [6.45, 7) is 18.8. The van der Waals surface area contributed by atoms with Crippen molar-refractivity contribution in [2.45, 2.75) is 175 Å². The lowest BCUT2D eigenvalue weighted by Gasteiger charge is -2.55. The second-order valence-corrected chi connectivity index (χ2v) is 17.5. The molecule has 0 aliphatic carbocycles. The first-order valence-electron chi connectivity index (χ1n) is 20.8. The van der Waals surface area contributed by atoms with Gasteiger partial charge in [0.25, 0.3) is 0 Å². The maximum absolute atomic E-state index is 13.5. The Morgan fingerprint density at radius 3 is 2.15 bits per heavy atom. The minimum Gasteiger partial charge on any atom is -0.458 e. The Labute approximate surface area is 325 Å². The quantitative estimate of drug-likeness (QED) is 0.206. The van der Waals surface area contributed by atoms with Gasteiger partial charge >= 0.3 is 5.97 Å². The van der Waals surface area contributed by atoms with Crippen molar-refractivity contribution in [1.29, 1.82) is 0 Å². The van der Waals surface area contributed by atoms with Crippen LogP contribution in [0.3, 0.4) is 0 Å². The maximum atomic E-state index is 13.5. The lowest BCUT2D eigenvalue weighted by molar-refractivity contribution is -0.371. The second-order valence-electron chi connectivity index (χ2n) is 17.5. The van der Waals surface area contributed by atoms with Gasteiger partial charge in [-0.3, -0.25) is 4.79 Å². The standard InChI is InChI=1S/C44H74O10/c1-11-34-16-14-12-13-15-26(3)40(49)29(6)35(46)24-36(47)30(7)42(51)32(9)41(50)27(4)17-20-39(48)52-43-31(8)37(19-18-34)53-44(33(43)10)22-21-25(2)38(54-44)23-28(5)45/h12-14,16-17,20,25-34,36-38,40-43,45,47,49-51H,11,15,18-19,21-24H2,1-10H3. The van der Waals surface area contributed by atoms with Crippen LogP contribution in [0.2, 0.25) is 0 Å². The summed E-state index contributed by atoms with van der Waals surface area (Å²) < 4.78 is 20.0. The summed E-state index contributed by atoms with van der Waals surface area (Å²) in [6, 6.07) is 0. The molecule has 0 radical (unpaired) electrons. The number of Topliss-reactive ketones (excluding diaryl/α,β-unsaturated/α-hetero) is 1. The van der Waals surface area contributed by atoms with Crippen LogP contribution in [0.1, 0.15) is 121 Å². The van der Waals surface area contributed by atoms with Crippen LogP contribution in [0, 0.1) is 53.3 Å². The van der Waals surface area contributed by atoms with Gasteiger partial charge in [-0.25, -0.2) is 4.79 Å². The molecule has 0 saturated carbocycles. The Morgan fingerprint density at radius 1 is 0.815 bits per heavy atom. The molecule has 2 fully saturated rings. The molecule has 18 unspecified atom stereocenters. The molecule has 3 rings (SSSR count). The number of aliphatic hydroxyl groups excluding tert-OH is 5. The Hall–Kier alpha value is -1.92. The van der Waals surface area contributed by atoms with Crippen LogP contribution in [-0.4, -0.2) is 91.9 Å². The van der Waals surface area contributed by atoms with Crippen LogP contribution in [0.4, 0.5) is 0 Å². The second kappa shape index (κ2) is 21.0. The predicted octanol–water partition coefficient (Wildman–Crippen LogP) is 6.31. The first-order valence-corrected chi connectivity index (χ1v) is 20.8. The highest BCUT2D eigenvalue weighted by molar-refractivity contribution is 5.82. The van der Waals surface area contributed by atoms with Gasteiger partial charge in [-0.15, -0.1) is 0 Å². The third-order valence-corrected chi connectivity index (χ3v) is 13.2. The number of ether oxygens (including phenoxy) is 3. The lowest BCUT2D eigenvalue weighted by atomic mass is 9.74. The van der Waals surface area contributed by atoms with Crippen LogP contribution in [0.25, 0.3) is 0 Å². The van der Waals surface area contributed by atoms with E-state index >= 15 is 0 Å². The van der Waals surface area contributed by atoms with E-state index in [2.05, 4.69) is 26.8 Å². The predicted molar refractivity (Wildman–Crippen MR) is 210 cm³/mol. The SMILES string of the molecule is CCC1C=CC=CCC(C)C(O)C(C)C(=O)CC(O)C(C)C(O)C(C)C(O)C(C)C=CC(=O)OC2C(C)C(CC1)OC1(CCC(C)C(CC(C)O)O1)C2C. The third kappa shape index (κ3) is 12.0. The molecule has 2 saturated heterocycles. The fourth-order valence-corrected chi connectivity index (χ4v) is 8.72. The summed E-state index contributed by atoms with van der Waals surface area (Å²) in [5.74, 6) is -4.54. The number of rotatable bonds is 3. The van der Waals surface area contributed by atoms with E-state index < -0.39 is 72.1 Å². The van der Waals surface area contributed by atoms with Gasteiger partial charge in [-0.2, -0.15) is 0 Å². The number of aliphatic hydroxyl groups is 5. The minimum atomic E-state index is -1.17. The zero-order valence-electron chi connectivity index (χ0n) is 34.7. The average Bonchev–Trinajstić information content (AvgIpc) is 3.14. The van der Waals surface area contributed by atoms with E-state index in [1.807, 2.05) is 32.1 Å². The number of esters is 1. The first-order chi connectivity index (χ1) is 25.3. The summed E-state index contributed by atoms with van der Waals surface area (Å²) in [4.78, 5) is 26.6. The highest BCUT2D eigenvalue weighted by Crippen LogP contribution is 2.49. The third-order valence-electron chi connectivity index (χ3n) is 13.2. The van der Waals surface area contributed by atoms with Crippen LogP contribution >= 0.6 is 0 Å². The van der Waals surface area contributed by atoms with E-state index in [0.717, 1.165) is 25.7 Å². The van der Waals surface area contributed by atoms with Gasteiger partial charge in [0.1, 0.15) is 11.9 Å². The summed E-state index contributed by atoms with van der Waals surface area (Å²) >= 11 is 0. The van der Waals surface area contributed by atoms with Gasteiger partial charge < -0.3 is 39.7 Å². The molecule has 310 valence electrons. The van der Waals surface area contributed by atoms with E-state index in [0.29, 0.717) is 19.3 Å². The van der Waals surface area contributed by atoms with Crippen molar-refractivity contribution in [1.82, 2.24) is 0 Å². The Balaban J connectivity index is 1.94. The maximum Gasteiger partial charge on any atom is 0.330 e. The van der Waals surface area contributed by atoms with Gasteiger partial charge in [0.05, 0.1) is 42.7 Å². The molecule has 54 heavy (non-hydrogen) atoms. The van der Waals surface area contributed by atoms with Crippen LogP contribution < -0.4 is 0 Å². The number of hydrogen-bond donors (Lipinski definition) is 5. The summed E-state index contributed by atoms with van der Waals surface area (Å²) in [6.07, 6.45) is 10.2. The summed E-state index contributed by atoms with van der Waals surface area (Å²) in [5, 5.41) is 54.6. The number of fused-ring (bicyclic) bond motifs is 2. The van der Waals surface area contributed by atoms with Crippen LogP contribution in [-0.2, 0) is 23.8 Å². The first kappa shape index (κ1) is 46.5. The Bertz CT molecular complexity index is 1260. The Morgan fingerprint density at radius 2 is 1.50 bits per heavy atom.